The summed E-state index contributed by atoms with van der Waals surface area (Å²) in [5.41, 5.74) is 7.23. The second kappa shape index (κ2) is 7.95. The first-order chi connectivity index (χ1) is 8.04. The molecule has 0 fully saturated rings. The van der Waals surface area contributed by atoms with Gasteiger partial charge in [0.15, 0.2) is 0 Å². The molecule has 4 nitrogen and oxygen atoms in total. The molecular formula is C13H21ClN2O2. The molecule has 0 heterocycles. The summed E-state index contributed by atoms with van der Waals surface area (Å²) in [6.45, 7) is 4.45. The number of methoxy groups -OCH3 is 1. The Labute approximate surface area is 114 Å². The van der Waals surface area contributed by atoms with E-state index in [1.165, 1.54) is 0 Å². The van der Waals surface area contributed by atoms with E-state index in [2.05, 4.69) is 5.32 Å². The fourth-order valence-electron chi connectivity index (χ4n) is 1.48. The van der Waals surface area contributed by atoms with Crippen molar-refractivity contribution < 1.29 is 9.53 Å². The molecule has 1 unspecified atom stereocenters. The van der Waals surface area contributed by atoms with Crippen molar-refractivity contribution in [2.75, 3.05) is 13.7 Å². The maximum atomic E-state index is 11.8. The van der Waals surface area contributed by atoms with E-state index in [1.54, 1.807) is 19.2 Å². The van der Waals surface area contributed by atoms with E-state index >= 15 is 0 Å². The lowest BCUT2D eigenvalue weighted by Crippen LogP contribution is -2.28. The van der Waals surface area contributed by atoms with E-state index in [9.17, 15) is 4.79 Å². The molecule has 1 aromatic carbocycles. The monoisotopic (exact) mass is 272 g/mol. The zero-order valence-electron chi connectivity index (χ0n) is 11.0. The van der Waals surface area contributed by atoms with E-state index in [0.717, 1.165) is 17.7 Å². The summed E-state index contributed by atoms with van der Waals surface area (Å²) in [5.74, 6) is 0.633. The second-order valence-electron chi connectivity index (χ2n) is 4.21. The van der Waals surface area contributed by atoms with Crippen molar-refractivity contribution in [3.8, 4) is 5.75 Å². The molecule has 0 aromatic heterocycles. The van der Waals surface area contributed by atoms with Crippen molar-refractivity contribution in [3.05, 3.63) is 29.3 Å². The number of halogens is 1. The summed E-state index contributed by atoms with van der Waals surface area (Å²) in [4.78, 5) is 11.8. The Morgan fingerprint density at radius 3 is 2.72 bits per heavy atom. The maximum Gasteiger partial charge on any atom is 0.251 e. The topological polar surface area (TPSA) is 64.3 Å². The number of amides is 1. The second-order valence-corrected chi connectivity index (χ2v) is 4.21. The molecule has 3 N–H and O–H groups in total. The molecule has 0 aliphatic rings. The molecule has 1 amide bonds. The first kappa shape index (κ1) is 16.7. The average molecular weight is 273 g/mol. The molecule has 5 heteroatoms. The minimum Gasteiger partial charge on any atom is -0.496 e. The smallest absolute Gasteiger partial charge is 0.251 e. The van der Waals surface area contributed by atoms with Gasteiger partial charge in [0.05, 0.1) is 7.11 Å². The van der Waals surface area contributed by atoms with Gasteiger partial charge in [0.2, 0.25) is 0 Å². The highest BCUT2D eigenvalue weighted by atomic mass is 35.5. The van der Waals surface area contributed by atoms with Crippen LogP contribution in [0.4, 0.5) is 0 Å². The minimum absolute atomic E-state index is 0. The van der Waals surface area contributed by atoms with Crippen LogP contribution in [-0.4, -0.2) is 25.6 Å². The lowest BCUT2D eigenvalue weighted by molar-refractivity contribution is 0.0952. The van der Waals surface area contributed by atoms with Gasteiger partial charge in [-0.3, -0.25) is 4.79 Å². The summed E-state index contributed by atoms with van der Waals surface area (Å²) in [6, 6.07) is 5.51. The fourth-order valence-corrected chi connectivity index (χ4v) is 1.48. The predicted molar refractivity (Wildman–Crippen MR) is 75.6 cm³/mol. The van der Waals surface area contributed by atoms with Crippen molar-refractivity contribution in [1.29, 1.82) is 0 Å². The summed E-state index contributed by atoms with van der Waals surface area (Å²) in [6.07, 6.45) is 0.773. The number of hydrogen-bond donors (Lipinski definition) is 2. The van der Waals surface area contributed by atoms with E-state index in [-0.39, 0.29) is 24.4 Å². The van der Waals surface area contributed by atoms with Gasteiger partial charge in [0.25, 0.3) is 5.91 Å². The van der Waals surface area contributed by atoms with Gasteiger partial charge < -0.3 is 15.8 Å². The number of carbonyl (C=O) groups excluding carboxylic acids is 1. The molecule has 0 saturated carbocycles. The molecule has 102 valence electrons. The summed E-state index contributed by atoms with van der Waals surface area (Å²) in [5, 5.41) is 2.83. The van der Waals surface area contributed by atoms with E-state index in [4.69, 9.17) is 10.5 Å². The molecule has 0 saturated heterocycles. The third-order valence-electron chi connectivity index (χ3n) is 2.56. The highest BCUT2D eigenvalue weighted by Crippen LogP contribution is 2.18. The van der Waals surface area contributed by atoms with Gasteiger partial charge in [-0.15, -0.1) is 12.4 Å². The van der Waals surface area contributed by atoms with Crippen LogP contribution in [0.1, 0.15) is 29.3 Å². The zero-order chi connectivity index (χ0) is 12.8. The quantitative estimate of drug-likeness (QED) is 0.860. The van der Waals surface area contributed by atoms with Gasteiger partial charge in [-0.2, -0.15) is 0 Å². The van der Waals surface area contributed by atoms with Crippen molar-refractivity contribution in [2.24, 2.45) is 5.73 Å². The fraction of sp³-hybridized carbons (Fsp3) is 0.462. The van der Waals surface area contributed by atoms with Gasteiger partial charge >= 0.3 is 0 Å². The van der Waals surface area contributed by atoms with E-state index in [0.29, 0.717) is 12.1 Å². The summed E-state index contributed by atoms with van der Waals surface area (Å²) >= 11 is 0. The van der Waals surface area contributed by atoms with Crippen LogP contribution in [0.25, 0.3) is 0 Å². The number of aryl methyl sites for hydroxylation is 1. The number of nitrogens with two attached hydrogens (primary N) is 1. The maximum absolute atomic E-state index is 11.8. The van der Waals surface area contributed by atoms with Crippen LogP contribution >= 0.6 is 12.4 Å². The zero-order valence-corrected chi connectivity index (χ0v) is 11.8. The molecule has 0 radical (unpaired) electrons. The molecule has 0 bridgehead atoms. The molecule has 0 aliphatic heterocycles. The van der Waals surface area contributed by atoms with E-state index < -0.39 is 0 Å². The molecule has 1 atom stereocenters. The molecule has 1 rings (SSSR count). The standard InChI is InChI=1S/C13H20N2O2.ClH/c1-9-4-5-11(8-12(9)17-3)13(16)15-7-6-10(2)14;/h4-5,8,10H,6-7,14H2,1-3H3,(H,15,16);1H. The summed E-state index contributed by atoms with van der Waals surface area (Å²) in [7, 11) is 1.60. The third kappa shape index (κ3) is 4.94. The lowest BCUT2D eigenvalue weighted by Gasteiger charge is -2.09. The van der Waals surface area contributed by atoms with E-state index in [1.807, 2.05) is 19.9 Å². The Kier molecular flexibility index (Phi) is 7.39. The molecule has 1 aromatic rings. The van der Waals surface area contributed by atoms with Crippen molar-refractivity contribution in [3.63, 3.8) is 0 Å². The Hall–Kier alpha value is -1.26. The van der Waals surface area contributed by atoms with Gasteiger partial charge in [0.1, 0.15) is 5.75 Å². The Balaban J connectivity index is 0.00000289. The molecule has 0 aliphatic carbocycles. The van der Waals surface area contributed by atoms with Crippen molar-refractivity contribution in [2.45, 2.75) is 26.3 Å². The normalized spacial score (nSPS) is 11.3. The van der Waals surface area contributed by atoms with Crippen LogP contribution in [0.5, 0.6) is 5.75 Å². The minimum atomic E-state index is -0.0936. The first-order valence-corrected chi connectivity index (χ1v) is 5.73. The van der Waals surface area contributed by atoms with Crippen LogP contribution in [0, 0.1) is 6.92 Å². The SMILES string of the molecule is COc1cc(C(=O)NCCC(C)N)ccc1C.Cl. The van der Waals surface area contributed by atoms with Gasteiger partial charge in [-0.05, 0) is 38.0 Å². The Morgan fingerprint density at radius 1 is 1.50 bits per heavy atom. The summed E-state index contributed by atoms with van der Waals surface area (Å²) < 4.78 is 5.18. The highest BCUT2D eigenvalue weighted by Gasteiger charge is 2.08. The van der Waals surface area contributed by atoms with Crippen molar-refractivity contribution >= 4 is 18.3 Å². The Morgan fingerprint density at radius 2 is 2.17 bits per heavy atom. The number of hydrogen-bond acceptors (Lipinski definition) is 3. The van der Waals surface area contributed by atoms with Crippen LogP contribution in [0.15, 0.2) is 18.2 Å². The van der Waals surface area contributed by atoms with Crippen molar-refractivity contribution in [1.82, 2.24) is 5.32 Å². The third-order valence-corrected chi connectivity index (χ3v) is 2.56. The van der Waals surface area contributed by atoms with Gasteiger partial charge in [-0.1, -0.05) is 6.07 Å². The van der Waals surface area contributed by atoms with Gasteiger partial charge in [-0.25, -0.2) is 0 Å². The largest absolute Gasteiger partial charge is 0.496 e. The first-order valence-electron chi connectivity index (χ1n) is 5.73. The van der Waals surface area contributed by atoms with Gasteiger partial charge in [0, 0.05) is 18.2 Å². The lowest BCUT2D eigenvalue weighted by atomic mass is 10.1. The Bertz CT molecular complexity index is 395. The van der Waals surface area contributed by atoms with Crippen LogP contribution in [-0.2, 0) is 0 Å². The number of nitrogens with one attached hydrogen (secondary N) is 1. The number of carbonyl (C=O) groups is 1. The van der Waals surface area contributed by atoms with Crippen LogP contribution in [0.2, 0.25) is 0 Å². The molecular weight excluding hydrogens is 252 g/mol. The molecule has 0 spiro atoms. The highest BCUT2D eigenvalue weighted by molar-refractivity contribution is 5.94. The predicted octanol–water partition coefficient (Wildman–Crippen LogP) is 1.89. The number of benzene rings is 1. The average Bonchev–Trinajstić information content (AvgIpc) is 2.29. The number of ether oxygens (including phenoxy) is 1. The number of rotatable bonds is 5. The molecule has 18 heavy (non-hydrogen) atoms. The van der Waals surface area contributed by atoms with Crippen LogP contribution < -0.4 is 15.8 Å². The van der Waals surface area contributed by atoms with Crippen LogP contribution in [0.3, 0.4) is 0 Å².